The lowest BCUT2D eigenvalue weighted by Crippen LogP contribution is -2.47. The lowest BCUT2D eigenvalue weighted by atomic mass is 9.91. The van der Waals surface area contributed by atoms with Crippen molar-refractivity contribution in [2.75, 3.05) is 17.4 Å². The van der Waals surface area contributed by atoms with Gasteiger partial charge in [0, 0.05) is 16.6 Å². The summed E-state index contributed by atoms with van der Waals surface area (Å²) in [5, 5.41) is 10.5. The van der Waals surface area contributed by atoms with Gasteiger partial charge in [0.1, 0.15) is 11.5 Å². The molecule has 26 heavy (non-hydrogen) atoms. The smallest absolute Gasteiger partial charge is 0.230 e. The number of anilines is 1. The molecule has 132 valence electrons. The van der Waals surface area contributed by atoms with Gasteiger partial charge in [-0.15, -0.1) is 0 Å². The maximum Gasteiger partial charge on any atom is 0.230 e. The van der Waals surface area contributed by atoms with Crippen LogP contribution >= 0.6 is 27.7 Å². The summed E-state index contributed by atoms with van der Waals surface area (Å²) in [6.07, 6.45) is 0.258. The fourth-order valence-corrected chi connectivity index (χ4v) is 4.69. The maximum atomic E-state index is 12.8. The summed E-state index contributed by atoms with van der Waals surface area (Å²) in [6, 6.07) is 14.1. The van der Waals surface area contributed by atoms with E-state index in [1.807, 2.05) is 43.3 Å². The normalized spacial score (nSPS) is 20.2. The van der Waals surface area contributed by atoms with E-state index < -0.39 is 0 Å². The van der Waals surface area contributed by atoms with Crippen molar-refractivity contribution >= 4 is 39.3 Å². The fourth-order valence-electron chi connectivity index (χ4n) is 3.26. The molecule has 1 atom stereocenters. The van der Waals surface area contributed by atoms with Crippen molar-refractivity contribution in [2.45, 2.75) is 19.3 Å². The van der Waals surface area contributed by atoms with Crippen LogP contribution in [0.15, 0.2) is 55.9 Å². The Kier molecular flexibility index (Phi) is 4.55. The standard InChI is InChI=1S/C19H16BrN3O2S/c1-12-2-7-17(25-12)15-8-18(24)23-10-22(11-26-19(23)16(15)9-21)14-5-3-13(20)4-6-14/h2-7,15H,8,10-11H2,1H3/t15-/m0/s1. The van der Waals surface area contributed by atoms with Gasteiger partial charge in [-0.3, -0.25) is 9.69 Å². The van der Waals surface area contributed by atoms with E-state index in [0.29, 0.717) is 23.9 Å². The van der Waals surface area contributed by atoms with Gasteiger partial charge in [0.15, 0.2) is 0 Å². The van der Waals surface area contributed by atoms with Crippen molar-refractivity contribution in [3.63, 3.8) is 0 Å². The number of nitrogens with zero attached hydrogens (tertiary/aromatic N) is 3. The zero-order valence-corrected chi connectivity index (χ0v) is 16.5. The van der Waals surface area contributed by atoms with E-state index in [2.05, 4.69) is 26.9 Å². The Morgan fingerprint density at radius 3 is 2.69 bits per heavy atom. The van der Waals surface area contributed by atoms with Crippen molar-refractivity contribution in [1.29, 1.82) is 5.26 Å². The van der Waals surface area contributed by atoms with Crippen molar-refractivity contribution in [3.8, 4) is 6.07 Å². The molecule has 1 saturated heterocycles. The summed E-state index contributed by atoms with van der Waals surface area (Å²) >= 11 is 4.97. The Morgan fingerprint density at radius 2 is 2.04 bits per heavy atom. The number of benzene rings is 1. The number of aryl methyl sites for hydroxylation is 1. The van der Waals surface area contributed by atoms with Crippen LogP contribution in [0, 0.1) is 18.3 Å². The second-order valence-electron chi connectivity index (χ2n) is 6.29. The van der Waals surface area contributed by atoms with Crippen LogP contribution in [0.2, 0.25) is 0 Å². The first-order valence-electron chi connectivity index (χ1n) is 8.21. The number of carbonyl (C=O) groups excluding carboxylic acids is 1. The van der Waals surface area contributed by atoms with Gasteiger partial charge in [0.05, 0.1) is 35.1 Å². The molecule has 1 aromatic heterocycles. The van der Waals surface area contributed by atoms with E-state index in [1.54, 1.807) is 4.90 Å². The Hall–Kier alpha value is -2.17. The predicted molar refractivity (Wildman–Crippen MR) is 104 cm³/mol. The first-order chi connectivity index (χ1) is 12.6. The van der Waals surface area contributed by atoms with E-state index in [9.17, 15) is 10.1 Å². The minimum atomic E-state index is -0.292. The topological polar surface area (TPSA) is 60.5 Å². The van der Waals surface area contributed by atoms with Crippen LogP contribution in [0.1, 0.15) is 23.9 Å². The third-order valence-electron chi connectivity index (χ3n) is 4.59. The molecule has 1 amide bonds. The molecule has 4 rings (SSSR count). The molecule has 2 aromatic rings. The molecule has 2 aliphatic rings. The summed E-state index contributed by atoms with van der Waals surface area (Å²) in [5.41, 5.74) is 1.68. The lowest BCUT2D eigenvalue weighted by molar-refractivity contribution is -0.130. The molecule has 0 saturated carbocycles. The van der Waals surface area contributed by atoms with Crippen LogP contribution in [-0.4, -0.2) is 23.4 Å². The highest BCUT2D eigenvalue weighted by molar-refractivity contribution is 9.10. The van der Waals surface area contributed by atoms with Gasteiger partial charge >= 0.3 is 0 Å². The summed E-state index contributed by atoms with van der Waals surface area (Å²) in [7, 11) is 0. The van der Waals surface area contributed by atoms with Crippen LogP contribution < -0.4 is 4.90 Å². The Morgan fingerprint density at radius 1 is 1.27 bits per heavy atom. The molecule has 1 aromatic carbocycles. The van der Waals surface area contributed by atoms with Crippen LogP contribution in [0.3, 0.4) is 0 Å². The molecule has 2 aliphatic heterocycles. The first-order valence-corrected chi connectivity index (χ1v) is 9.99. The van der Waals surface area contributed by atoms with Gasteiger partial charge in [-0.05, 0) is 43.3 Å². The molecule has 3 heterocycles. The molecule has 0 spiro atoms. The molecule has 7 heteroatoms. The zero-order chi connectivity index (χ0) is 18.3. The lowest BCUT2D eigenvalue weighted by Gasteiger charge is -2.41. The third kappa shape index (κ3) is 3.04. The molecular formula is C19H16BrN3O2S. The number of rotatable bonds is 2. The fraction of sp³-hybridized carbons (Fsp3) is 0.263. The number of allylic oxidation sites excluding steroid dienone is 1. The minimum Gasteiger partial charge on any atom is -0.466 e. The predicted octanol–water partition coefficient (Wildman–Crippen LogP) is 4.57. The van der Waals surface area contributed by atoms with E-state index in [0.717, 1.165) is 20.9 Å². The maximum absolute atomic E-state index is 12.8. The van der Waals surface area contributed by atoms with Gasteiger partial charge in [0.25, 0.3) is 0 Å². The number of carbonyl (C=O) groups is 1. The van der Waals surface area contributed by atoms with Crippen molar-refractivity contribution < 1.29 is 9.21 Å². The van der Waals surface area contributed by atoms with Crippen LogP contribution in [-0.2, 0) is 4.79 Å². The largest absolute Gasteiger partial charge is 0.466 e. The highest BCUT2D eigenvalue weighted by atomic mass is 79.9. The summed E-state index contributed by atoms with van der Waals surface area (Å²) < 4.78 is 6.72. The monoisotopic (exact) mass is 429 g/mol. The highest BCUT2D eigenvalue weighted by Gasteiger charge is 2.39. The van der Waals surface area contributed by atoms with E-state index in [1.165, 1.54) is 11.8 Å². The highest BCUT2D eigenvalue weighted by Crippen LogP contribution is 2.43. The molecule has 0 unspecified atom stereocenters. The Bertz CT molecular complexity index is 929. The molecular weight excluding hydrogens is 414 g/mol. The molecule has 5 nitrogen and oxygen atoms in total. The summed E-state index contributed by atoms with van der Waals surface area (Å²) in [4.78, 5) is 16.7. The van der Waals surface area contributed by atoms with Gasteiger partial charge < -0.3 is 9.32 Å². The van der Waals surface area contributed by atoms with Crippen LogP contribution in [0.5, 0.6) is 0 Å². The van der Waals surface area contributed by atoms with Gasteiger partial charge in [-0.2, -0.15) is 5.26 Å². The average molecular weight is 430 g/mol. The van der Waals surface area contributed by atoms with E-state index >= 15 is 0 Å². The van der Waals surface area contributed by atoms with E-state index in [4.69, 9.17) is 4.42 Å². The summed E-state index contributed by atoms with van der Waals surface area (Å²) in [5.74, 6) is 1.90. The molecule has 0 bridgehead atoms. The second kappa shape index (κ2) is 6.86. The number of halogens is 1. The minimum absolute atomic E-state index is 0.0207. The Balaban J connectivity index is 1.65. The Labute approximate surface area is 164 Å². The second-order valence-corrected chi connectivity index (χ2v) is 8.14. The van der Waals surface area contributed by atoms with Crippen molar-refractivity contribution in [2.24, 2.45) is 0 Å². The number of hydrogen-bond acceptors (Lipinski definition) is 5. The summed E-state index contributed by atoms with van der Waals surface area (Å²) in [6.45, 7) is 2.32. The number of nitriles is 1. The van der Waals surface area contributed by atoms with Crippen LogP contribution in [0.4, 0.5) is 5.69 Å². The van der Waals surface area contributed by atoms with Crippen LogP contribution in [0.25, 0.3) is 0 Å². The molecule has 0 N–H and O–H groups in total. The number of furan rings is 1. The quantitative estimate of drug-likeness (QED) is 0.699. The number of fused-ring (bicyclic) bond motifs is 1. The van der Waals surface area contributed by atoms with Gasteiger partial charge in [-0.25, -0.2) is 0 Å². The number of thioether (sulfide) groups is 1. The first kappa shape index (κ1) is 17.3. The SMILES string of the molecule is Cc1ccc([C@H]2CC(=O)N3CN(c4ccc(Br)cc4)CSC3=C2C#N)o1. The average Bonchev–Trinajstić information content (AvgIpc) is 3.08. The molecule has 1 fully saturated rings. The van der Waals surface area contributed by atoms with Gasteiger partial charge in [-0.1, -0.05) is 27.7 Å². The third-order valence-corrected chi connectivity index (χ3v) is 6.27. The van der Waals surface area contributed by atoms with Gasteiger partial charge in [0.2, 0.25) is 5.91 Å². The van der Waals surface area contributed by atoms with Crippen molar-refractivity contribution in [1.82, 2.24) is 4.90 Å². The van der Waals surface area contributed by atoms with Crippen molar-refractivity contribution in [3.05, 3.63) is 63.0 Å². The number of hydrogen-bond donors (Lipinski definition) is 0. The van der Waals surface area contributed by atoms with E-state index in [-0.39, 0.29) is 18.2 Å². The zero-order valence-electron chi connectivity index (χ0n) is 14.1. The molecule has 0 radical (unpaired) electrons. The molecule has 0 aliphatic carbocycles. The number of amides is 1.